The molecule has 2 aromatic carbocycles. The molecule has 1 atom stereocenters. The van der Waals surface area contributed by atoms with Gasteiger partial charge >= 0.3 is 0 Å². The third kappa shape index (κ3) is 6.23. The molecule has 9 nitrogen and oxygen atoms in total. The van der Waals surface area contributed by atoms with Gasteiger partial charge in [-0.3, -0.25) is 14.6 Å². The summed E-state index contributed by atoms with van der Waals surface area (Å²) in [6.45, 7) is 8.83. The topological polar surface area (TPSA) is 142 Å². The smallest absolute Gasteiger partial charge is 0.236 e. The fraction of sp³-hybridized carbons (Fsp3) is 0.370. The standard InChI is InChI=1S/C27H35N5O4/c1-5-19-17(14-31-27(34)16(4)28)9-8-10-21(19)32-26-18(11-25(29)33)15-30-22-13-24(36-7-3)23(35-6-2)12-20(22)26/h8-10,12-13,15-16H,5-7,11,14,28H2,1-4H3,(H2,29,33)(H,30,32)(H,31,34)/t16-/m0/s1. The minimum atomic E-state index is -0.586. The van der Waals surface area contributed by atoms with Gasteiger partial charge in [0.05, 0.1) is 36.9 Å². The van der Waals surface area contributed by atoms with Crippen molar-refractivity contribution < 1.29 is 19.1 Å². The number of pyridine rings is 1. The molecule has 0 spiro atoms. The maximum Gasteiger partial charge on any atom is 0.236 e. The normalized spacial score (nSPS) is 11.7. The molecule has 1 heterocycles. The summed E-state index contributed by atoms with van der Waals surface area (Å²) in [5.41, 5.74) is 16.2. The van der Waals surface area contributed by atoms with Crippen LogP contribution in [0.2, 0.25) is 0 Å². The van der Waals surface area contributed by atoms with Gasteiger partial charge in [0.15, 0.2) is 11.5 Å². The minimum Gasteiger partial charge on any atom is -0.490 e. The van der Waals surface area contributed by atoms with Crippen molar-refractivity contribution in [1.82, 2.24) is 10.3 Å². The summed E-state index contributed by atoms with van der Waals surface area (Å²) in [4.78, 5) is 28.5. The first-order valence-corrected chi connectivity index (χ1v) is 12.2. The summed E-state index contributed by atoms with van der Waals surface area (Å²) in [6.07, 6.45) is 2.40. The van der Waals surface area contributed by atoms with Crippen molar-refractivity contribution in [3.63, 3.8) is 0 Å². The summed E-state index contributed by atoms with van der Waals surface area (Å²) >= 11 is 0. The number of nitrogens with zero attached hydrogens (tertiary/aromatic N) is 1. The van der Waals surface area contributed by atoms with Gasteiger partial charge in [-0.25, -0.2) is 0 Å². The van der Waals surface area contributed by atoms with Crippen LogP contribution in [0.15, 0.2) is 36.5 Å². The Balaban J connectivity index is 2.13. The third-order valence-electron chi connectivity index (χ3n) is 5.73. The van der Waals surface area contributed by atoms with E-state index in [1.54, 1.807) is 13.1 Å². The van der Waals surface area contributed by atoms with Crippen LogP contribution in [0, 0.1) is 0 Å². The molecular weight excluding hydrogens is 458 g/mol. The molecule has 0 radical (unpaired) electrons. The van der Waals surface area contributed by atoms with E-state index in [4.69, 9.17) is 20.9 Å². The molecule has 1 aromatic heterocycles. The number of aromatic nitrogens is 1. The molecule has 0 fully saturated rings. The SMILES string of the molecule is CCOc1cc2ncc(CC(N)=O)c(Nc3cccc(CNC(=O)[C@H](C)N)c3CC)c2cc1OCC. The van der Waals surface area contributed by atoms with Crippen LogP contribution in [-0.2, 0) is 29.0 Å². The molecule has 3 rings (SSSR count). The van der Waals surface area contributed by atoms with Crippen molar-refractivity contribution in [2.24, 2.45) is 11.5 Å². The maximum atomic E-state index is 12.0. The van der Waals surface area contributed by atoms with Gasteiger partial charge in [0, 0.05) is 35.4 Å². The molecule has 0 aliphatic heterocycles. The number of fused-ring (bicyclic) bond motifs is 1. The molecule has 9 heteroatoms. The summed E-state index contributed by atoms with van der Waals surface area (Å²) < 4.78 is 11.6. The number of primary amides is 1. The Morgan fingerprint density at radius 3 is 2.36 bits per heavy atom. The van der Waals surface area contributed by atoms with Gasteiger partial charge in [-0.05, 0) is 50.5 Å². The van der Waals surface area contributed by atoms with Gasteiger partial charge in [0.1, 0.15) is 0 Å². The molecule has 6 N–H and O–H groups in total. The van der Waals surface area contributed by atoms with E-state index in [-0.39, 0.29) is 12.3 Å². The van der Waals surface area contributed by atoms with Gasteiger partial charge in [-0.1, -0.05) is 19.1 Å². The Morgan fingerprint density at radius 2 is 1.75 bits per heavy atom. The maximum absolute atomic E-state index is 12.0. The first-order valence-electron chi connectivity index (χ1n) is 12.2. The second-order valence-corrected chi connectivity index (χ2v) is 8.41. The Kier molecular flexibility index (Phi) is 9.08. The fourth-order valence-electron chi connectivity index (χ4n) is 4.06. The van der Waals surface area contributed by atoms with Gasteiger partial charge < -0.3 is 31.6 Å². The Labute approximate surface area is 211 Å². The van der Waals surface area contributed by atoms with Crippen LogP contribution < -0.4 is 31.6 Å². The lowest BCUT2D eigenvalue weighted by molar-refractivity contribution is -0.122. The molecule has 0 aliphatic carbocycles. The molecule has 2 amide bonds. The number of nitrogens with one attached hydrogen (secondary N) is 2. The lowest BCUT2D eigenvalue weighted by Crippen LogP contribution is -2.38. The van der Waals surface area contributed by atoms with Crippen molar-refractivity contribution in [2.45, 2.75) is 53.1 Å². The van der Waals surface area contributed by atoms with Gasteiger partial charge in [-0.2, -0.15) is 0 Å². The average Bonchev–Trinajstić information content (AvgIpc) is 2.84. The predicted molar refractivity (Wildman–Crippen MR) is 142 cm³/mol. The summed E-state index contributed by atoms with van der Waals surface area (Å²) in [6, 6.07) is 8.99. The number of anilines is 2. The van der Waals surface area contributed by atoms with Crippen molar-refractivity contribution in [3.8, 4) is 11.5 Å². The number of carbonyl (C=O) groups is 2. The highest BCUT2D eigenvalue weighted by Crippen LogP contribution is 2.38. The Hall–Kier alpha value is -3.85. The number of nitrogens with two attached hydrogens (primary N) is 2. The highest BCUT2D eigenvalue weighted by atomic mass is 16.5. The molecule has 192 valence electrons. The molecule has 0 bridgehead atoms. The zero-order chi connectivity index (χ0) is 26.2. The van der Waals surface area contributed by atoms with Crippen LogP contribution in [0.1, 0.15) is 44.4 Å². The number of amides is 2. The third-order valence-corrected chi connectivity index (χ3v) is 5.73. The molecule has 36 heavy (non-hydrogen) atoms. The highest BCUT2D eigenvalue weighted by molar-refractivity contribution is 5.98. The van der Waals surface area contributed by atoms with E-state index in [2.05, 4.69) is 15.6 Å². The molecule has 0 saturated heterocycles. The van der Waals surface area contributed by atoms with E-state index < -0.39 is 11.9 Å². The van der Waals surface area contributed by atoms with E-state index in [0.717, 1.165) is 28.6 Å². The Bertz CT molecular complexity index is 1240. The van der Waals surface area contributed by atoms with E-state index in [1.807, 2.05) is 51.1 Å². The average molecular weight is 494 g/mol. The van der Waals surface area contributed by atoms with Crippen LogP contribution in [0.5, 0.6) is 11.5 Å². The van der Waals surface area contributed by atoms with Crippen LogP contribution in [-0.4, -0.2) is 36.1 Å². The number of carbonyl (C=O) groups excluding carboxylic acids is 2. The lowest BCUT2D eigenvalue weighted by Gasteiger charge is -2.20. The fourth-order valence-corrected chi connectivity index (χ4v) is 4.06. The minimum absolute atomic E-state index is 0.0219. The first-order chi connectivity index (χ1) is 17.3. The molecular formula is C27H35N5O4. The van der Waals surface area contributed by atoms with Crippen LogP contribution >= 0.6 is 0 Å². The van der Waals surface area contributed by atoms with Gasteiger partial charge in [0.2, 0.25) is 11.8 Å². The highest BCUT2D eigenvalue weighted by Gasteiger charge is 2.18. The lowest BCUT2D eigenvalue weighted by atomic mass is 10.0. The molecule has 0 saturated carbocycles. The number of ether oxygens (including phenoxy) is 2. The molecule has 0 unspecified atom stereocenters. The number of rotatable bonds is 12. The second kappa shape index (κ2) is 12.2. The van der Waals surface area contributed by atoms with E-state index in [1.165, 1.54) is 0 Å². The van der Waals surface area contributed by atoms with Gasteiger partial charge in [0.25, 0.3) is 0 Å². The van der Waals surface area contributed by atoms with Crippen LogP contribution in [0.4, 0.5) is 11.4 Å². The predicted octanol–water partition coefficient (Wildman–Crippen LogP) is 3.33. The monoisotopic (exact) mass is 493 g/mol. The first kappa shape index (κ1) is 26.7. The van der Waals surface area contributed by atoms with Gasteiger partial charge in [-0.15, -0.1) is 0 Å². The summed E-state index contributed by atoms with van der Waals surface area (Å²) in [5, 5.41) is 7.18. The molecule has 0 aliphatic rings. The van der Waals surface area contributed by atoms with E-state index in [0.29, 0.717) is 48.0 Å². The van der Waals surface area contributed by atoms with Crippen LogP contribution in [0.3, 0.4) is 0 Å². The quantitative estimate of drug-likeness (QED) is 0.303. The molecule has 3 aromatic rings. The van der Waals surface area contributed by atoms with Crippen molar-refractivity contribution in [1.29, 1.82) is 0 Å². The zero-order valence-corrected chi connectivity index (χ0v) is 21.3. The van der Waals surface area contributed by atoms with E-state index in [9.17, 15) is 9.59 Å². The van der Waals surface area contributed by atoms with Crippen LogP contribution in [0.25, 0.3) is 10.9 Å². The van der Waals surface area contributed by atoms with Crippen molar-refractivity contribution in [2.75, 3.05) is 18.5 Å². The summed E-state index contributed by atoms with van der Waals surface area (Å²) in [7, 11) is 0. The number of hydrogen-bond acceptors (Lipinski definition) is 7. The van der Waals surface area contributed by atoms with Crippen molar-refractivity contribution in [3.05, 3.63) is 53.2 Å². The number of benzene rings is 2. The largest absolute Gasteiger partial charge is 0.490 e. The second-order valence-electron chi connectivity index (χ2n) is 8.41. The van der Waals surface area contributed by atoms with E-state index >= 15 is 0 Å². The summed E-state index contributed by atoms with van der Waals surface area (Å²) in [5.74, 6) is 0.524. The van der Waals surface area contributed by atoms with Crippen molar-refractivity contribution >= 4 is 34.1 Å². The number of hydrogen-bond donors (Lipinski definition) is 4. The zero-order valence-electron chi connectivity index (χ0n) is 21.3. The Morgan fingerprint density at radius 1 is 1.06 bits per heavy atom.